The molecule has 2 fully saturated rings. The molecule has 1 atom stereocenters. The molecule has 1 aromatic carbocycles. The van der Waals surface area contributed by atoms with Crippen molar-refractivity contribution in [1.29, 1.82) is 0 Å². The molecule has 7 heteroatoms. The minimum Gasteiger partial charge on any atom is -0.341 e. The summed E-state index contributed by atoms with van der Waals surface area (Å²) in [5.41, 5.74) is 1.84. The summed E-state index contributed by atoms with van der Waals surface area (Å²) in [5, 5.41) is 2.98. The molecule has 1 N–H and O–H groups in total. The van der Waals surface area contributed by atoms with Crippen LogP contribution in [0.2, 0.25) is 0 Å². The summed E-state index contributed by atoms with van der Waals surface area (Å²) in [4.78, 5) is 29.5. The van der Waals surface area contributed by atoms with Crippen molar-refractivity contribution in [3.63, 3.8) is 0 Å². The van der Waals surface area contributed by atoms with Crippen molar-refractivity contribution in [2.45, 2.75) is 45.1 Å². The van der Waals surface area contributed by atoms with Gasteiger partial charge in [-0.1, -0.05) is 6.42 Å². The number of halogens is 2. The molecular weight excluding hydrogens is 462 g/mol. The maximum absolute atomic E-state index is 12.8. The first-order valence-corrected chi connectivity index (χ1v) is 10.8. The molecule has 1 aromatic rings. The van der Waals surface area contributed by atoms with E-state index in [4.69, 9.17) is 0 Å². The van der Waals surface area contributed by atoms with Gasteiger partial charge in [-0.25, -0.2) is 0 Å². The number of likely N-dealkylation sites (tertiary alicyclic amines) is 2. The van der Waals surface area contributed by atoms with Crippen LogP contribution in [0.3, 0.4) is 0 Å². The first-order chi connectivity index (χ1) is 12.5. The number of nitrogens with one attached hydrogen (secondary N) is 1. The Morgan fingerprint density at radius 1 is 1.08 bits per heavy atom. The highest BCUT2D eigenvalue weighted by atomic mass is 79.9. The Kier molecular flexibility index (Phi) is 6.75. The van der Waals surface area contributed by atoms with Crippen LogP contribution in [-0.4, -0.2) is 53.8 Å². The Labute approximate surface area is 171 Å². The summed E-state index contributed by atoms with van der Waals surface area (Å²) in [6.07, 6.45) is 5.12. The lowest BCUT2D eigenvalue weighted by molar-refractivity contribution is -0.137. The van der Waals surface area contributed by atoms with Crippen LogP contribution in [0, 0.1) is 6.92 Å². The summed E-state index contributed by atoms with van der Waals surface area (Å²) in [5.74, 6) is 0.115. The third-order valence-corrected chi connectivity index (χ3v) is 6.36. The number of piperidine rings is 1. The van der Waals surface area contributed by atoms with Gasteiger partial charge >= 0.3 is 0 Å². The fourth-order valence-corrected chi connectivity index (χ4v) is 5.40. The summed E-state index contributed by atoms with van der Waals surface area (Å²) in [7, 11) is 0. The van der Waals surface area contributed by atoms with E-state index in [1.165, 1.54) is 0 Å². The molecule has 142 valence electrons. The fourth-order valence-electron chi connectivity index (χ4n) is 3.79. The van der Waals surface area contributed by atoms with Crippen LogP contribution in [0.5, 0.6) is 0 Å². The van der Waals surface area contributed by atoms with Crippen LogP contribution >= 0.6 is 31.9 Å². The second kappa shape index (κ2) is 8.85. The van der Waals surface area contributed by atoms with Gasteiger partial charge < -0.3 is 10.2 Å². The van der Waals surface area contributed by atoms with E-state index in [-0.39, 0.29) is 24.4 Å². The molecule has 26 heavy (non-hydrogen) atoms. The van der Waals surface area contributed by atoms with Crippen molar-refractivity contribution < 1.29 is 9.59 Å². The van der Waals surface area contributed by atoms with Crippen molar-refractivity contribution in [2.24, 2.45) is 0 Å². The number of amides is 2. The van der Waals surface area contributed by atoms with Crippen LogP contribution in [0.4, 0.5) is 5.69 Å². The van der Waals surface area contributed by atoms with E-state index in [1.54, 1.807) is 0 Å². The Hall–Kier alpha value is -0.920. The molecule has 2 heterocycles. The van der Waals surface area contributed by atoms with Crippen LogP contribution < -0.4 is 5.32 Å². The van der Waals surface area contributed by atoms with E-state index in [0.717, 1.165) is 71.9 Å². The maximum Gasteiger partial charge on any atom is 0.239 e. The second-order valence-corrected chi connectivity index (χ2v) is 8.87. The van der Waals surface area contributed by atoms with Crippen molar-refractivity contribution >= 4 is 49.4 Å². The van der Waals surface area contributed by atoms with E-state index < -0.39 is 0 Å². The van der Waals surface area contributed by atoms with Gasteiger partial charge in [-0.05, 0) is 88.7 Å². The Bertz CT molecular complexity index is 666. The van der Waals surface area contributed by atoms with E-state index in [1.807, 2.05) is 24.0 Å². The fraction of sp³-hybridized carbons (Fsp3) is 0.579. The molecule has 1 unspecified atom stereocenters. The highest BCUT2D eigenvalue weighted by molar-refractivity contribution is 9.11. The summed E-state index contributed by atoms with van der Waals surface area (Å²) >= 11 is 7.02. The molecule has 0 aromatic heterocycles. The Balaban J connectivity index is 1.66. The van der Waals surface area contributed by atoms with Gasteiger partial charge in [-0.2, -0.15) is 0 Å². The highest BCUT2D eigenvalue weighted by Gasteiger charge is 2.33. The number of aryl methyl sites for hydroxylation is 1. The topological polar surface area (TPSA) is 52.7 Å². The zero-order chi connectivity index (χ0) is 18.7. The monoisotopic (exact) mass is 485 g/mol. The average molecular weight is 487 g/mol. The number of nitrogens with zero attached hydrogens (tertiary/aromatic N) is 2. The number of hydrogen-bond acceptors (Lipinski definition) is 3. The number of benzene rings is 1. The number of carbonyl (C=O) groups excluding carboxylic acids is 2. The van der Waals surface area contributed by atoms with Crippen LogP contribution in [0.15, 0.2) is 21.1 Å². The highest BCUT2D eigenvalue weighted by Crippen LogP contribution is 2.32. The maximum atomic E-state index is 12.8. The average Bonchev–Trinajstić information content (AvgIpc) is 3.12. The number of carbonyl (C=O) groups is 2. The lowest BCUT2D eigenvalue weighted by Gasteiger charge is -2.36. The molecular formula is C19H25Br2N3O2. The summed E-state index contributed by atoms with van der Waals surface area (Å²) in [6.45, 7) is 4.77. The normalized spacial score (nSPS) is 21.0. The van der Waals surface area contributed by atoms with Crippen molar-refractivity contribution in [3.8, 4) is 0 Å². The van der Waals surface area contributed by atoms with Crippen LogP contribution in [-0.2, 0) is 9.59 Å². The zero-order valence-corrected chi connectivity index (χ0v) is 18.2. The minimum absolute atomic E-state index is 0.0867. The van der Waals surface area contributed by atoms with E-state index in [0.29, 0.717) is 0 Å². The molecule has 2 aliphatic heterocycles. The van der Waals surface area contributed by atoms with Gasteiger partial charge in [0.1, 0.15) is 0 Å². The van der Waals surface area contributed by atoms with E-state index in [9.17, 15) is 9.59 Å². The van der Waals surface area contributed by atoms with Crippen molar-refractivity contribution in [3.05, 3.63) is 26.6 Å². The zero-order valence-electron chi connectivity index (χ0n) is 15.1. The molecule has 0 radical (unpaired) electrons. The lowest BCUT2D eigenvalue weighted by atomic mass is 10.0. The molecule has 3 rings (SSSR count). The molecule has 0 saturated carbocycles. The molecule has 5 nitrogen and oxygen atoms in total. The summed E-state index contributed by atoms with van der Waals surface area (Å²) in [6, 6.07) is 3.79. The van der Waals surface area contributed by atoms with Gasteiger partial charge in [0.15, 0.2) is 0 Å². The van der Waals surface area contributed by atoms with Gasteiger partial charge in [0.2, 0.25) is 11.8 Å². The Morgan fingerprint density at radius 2 is 1.69 bits per heavy atom. The molecule has 0 spiro atoms. The third kappa shape index (κ3) is 4.67. The first kappa shape index (κ1) is 19.8. The Morgan fingerprint density at radius 3 is 2.35 bits per heavy atom. The quantitative estimate of drug-likeness (QED) is 0.701. The van der Waals surface area contributed by atoms with E-state index >= 15 is 0 Å². The molecule has 2 amide bonds. The smallest absolute Gasteiger partial charge is 0.239 e. The molecule has 2 saturated heterocycles. The van der Waals surface area contributed by atoms with E-state index in [2.05, 4.69) is 42.1 Å². The van der Waals surface area contributed by atoms with Gasteiger partial charge in [-0.15, -0.1) is 0 Å². The van der Waals surface area contributed by atoms with Crippen molar-refractivity contribution in [2.75, 3.05) is 31.5 Å². The second-order valence-electron chi connectivity index (χ2n) is 7.17. The number of rotatable bonds is 4. The van der Waals surface area contributed by atoms with Crippen molar-refractivity contribution in [1.82, 2.24) is 9.80 Å². The number of anilines is 1. The molecule has 0 aliphatic carbocycles. The van der Waals surface area contributed by atoms with Gasteiger partial charge in [0, 0.05) is 22.0 Å². The predicted octanol–water partition coefficient (Wildman–Crippen LogP) is 3.94. The SMILES string of the molecule is Cc1cc(Br)c(NC(=O)CN2CCCCC2C(=O)N2CCCC2)c(Br)c1. The van der Waals surface area contributed by atoms with Gasteiger partial charge in [0.25, 0.3) is 0 Å². The van der Waals surface area contributed by atoms with Gasteiger partial charge in [-0.3, -0.25) is 14.5 Å². The first-order valence-electron chi connectivity index (χ1n) is 9.24. The third-order valence-electron chi connectivity index (χ3n) is 5.11. The minimum atomic E-state index is -0.155. The van der Waals surface area contributed by atoms with Gasteiger partial charge in [0.05, 0.1) is 18.3 Å². The molecule has 0 bridgehead atoms. The predicted molar refractivity (Wildman–Crippen MR) is 110 cm³/mol. The van der Waals surface area contributed by atoms with Crippen LogP contribution in [0.25, 0.3) is 0 Å². The number of hydrogen-bond donors (Lipinski definition) is 1. The van der Waals surface area contributed by atoms with Crippen LogP contribution in [0.1, 0.15) is 37.7 Å². The molecule has 2 aliphatic rings. The standard InChI is InChI=1S/C19H25Br2N3O2/c1-13-10-14(20)18(15(21)11-13)22-17(25)12-24-9-3-2-6-16(24)19(26)23-7-4-5-8-23/h10-11,16H,2-9,12H2,1H3,(H,22,25). The summed E-state index contributed by atoms with van der Waals surface area (Å²) < 4.78 is 1.70. The lowest BCUT2D eigenvalue weighted by Crippen LogP contribution is -2.52. The largest absolute Gasteiger partial charge is 0.341 e.